The number of hydrogen-bond acceptors (Lipinski definition) is 3. The van der Waals surface area contributed by atoms with Gasteiger partial charge in [-0.25, -0.2) is 4.39 Å². The van der Waals surface area contributed by atoms with E-state index in [1.165, 1.54) is 30.6 Å². The van der Waals surface area contributed by atoms with Gasteiger partial charge >= 0.3 is 0 Å². The van der Waals surface area contributed by atoms with Crippen molar-refractivity contribution in [1.29, 1.82) is 0 Å². The normalized spacial score (nSPS) is 36.3. The van der Waals surface area contributed by atoms with Crippen molar-refractivity contribution in [1.82, 2.24) is 0 Å². The van der Waals surface area contributed by atoms with Crippen LogP contribution in [-0.4, -0.2) is 17.6 Å². The van der Waals surface area contributed by atoms with Gasteiger partial charge in [-0.15, -0.1) is 23.5 Å². The second-order valence-corrected chi connectivity index (χ2v) is 13.8. The molecule has 0 radical (unpaired) electrons. The minimum Gasteiger partial charge on any atom is -0.497 e. The highest BCUT2D eigenvalue weighted by Crippen LogP contribution is 2.59. The predicted molar refractivity (Wildman–Crippen MR) is 145 cm³/mol. The van der Waals surface area contributed by atoms with Crippen LogP contribution in [0.1, 0.15) is 73.7 Å². The zero-order chi connectivity index (χ0) is 23.3. The molecule has 0 aromatic heterocycles. The van der Waals surface area contributed by atoms with E-state index in [4.69, 9.17) is 4.74 Å². The molecule has 0 bridgehead atoms. The lowest BCUT2D eigenvalue weighted by Gasteiger charge is -2.21. The Morgan fingerprint density at radius 2 is 1.83 bits per heavy atom. The Morgan fingerprint density at radius 1 is 0.971 bits per heavy atom. The van der Waals surface area contributed by atoms with Crippen molar-refractivity contribution >= 4 is 34.7 Å². The molecular weight excluding hydrogens is 471 g/mol. The summed E-state index contributed by atoms with van der Waals surface area (Å²) < 4.78 is 19.6. The van der Waals surface area contributed by atoms with Gasteiger partial charge in [0, 0.05) is 34.0 Å². The molecule has 8 rings (SSSR count). The van der Waals surface area contributed by atoms with E-state index >= 15 is 0 Å². The number of allylic oxidation sites excluding steroid dienone is 6. The zero-order valence-corrected chi connectivity index (χ0v) is 21.8. The molecule has 35 heavy (non-hydrogen) atoms. The lowest BCUT2D eigenvalue weighted by atomic mass is 9.87. The van der Waals surface area contributed by atoms with Crippen molar-refractivity contribution in [3.8, 4) is 0 Å². The molecule has 0 N–H and O–H groups in total. The number of fused-ring (bicyclic) bond motifs is 6. The average molecular weight is 503 g/mol. The van der Waals surface area contributed by atoms with Crippen molar-refractivity contribution in [2.45, 2.75) is 73.0 Å². The number of benzene rings is 1. The van der Waals surface area contributed by atoms with Crippen LogP contribution in [0.25, 0.3) is 11.1 Å². The number of halogens is 1. The maximum Gasteiger partial charge on any atom is 0.114 e. The summed E-state index contributed by atoms with van der Waals surface area (Å²) in [6, 6.07) is 4.99. The van der Waals surface area contributed by atoms with Gasteiger partial charge in [-0.1, -0.05) is 35.4 Å². The summed E-state index contributed by atoms with van der Waals surface area (Å²) in [5, 5.41) is 5.13. The van der Waals surface area contributed by atoms with Crippen molar-refractivity contribution in [2.75, 3.05) is 7.11 Å². The molecule has 0 spiro atoms. The van der Waals surface area contributed by atoms with Crippen LogP contribution in [-0.2, 0) is 4.74 Å². The summed E-state index contributed by atoms with van der Waals surface area (Å²) in [5.74, 6) is 2.77. The molecule has 4 heteroatoms. The summed E-state index contributed by atoms with van der Waals surface area (Å²) in [5.41, 5.74) is 8.27. The molecule has 1 nitrogen and oxygen atoms in total. The molecule has 7 aliphatic rings. The minimum atomic E-state index is 0.100. The van der Waals surface area contributed by atoms with E-state index in [2.05, 4.69) is 53.9 Å². The fourth-order valence-corrected chi connectivity index (χ4v) is 11.5. The van der Waals surface area contributed by atoms with Gasteiger partial charge in [0.15, 0.2) is 0 Å². The highest BCUT2D eigenvalue weighted by molar-refractivity contribution is 8.03. The average Bonchev–Trinajstić information content (AvgIpc) is 3.63. The number of methoxy groups -OCH3 is 1. The summed E-state index contributed by atoms with van der Waals surface area (Å²) in [6.45, 7) is 0. The molecule has 2 heterocycles. The fourth-order valence-electron chi connectivity index (χ4n) is 8.04. The van der Waals surface area contributed by atoms with E-state index in [9.17, 15) is 4.39 Å². The van der Waals surface area contributed by atoms with Crippen molar-refractivity contribution < 1.29 is 9.13 Å². The van der Waals surface area contributed by atoms with E-state index in [-0.39, 0.29) is 5.83 Å². The molecule has 1 fully saturated rings. The number of thioether (sulfide) groups is 2. The first-order valence-corrected chi connectivity index (χ1v) is 15.2. The van der Waals surface area contributed by atoms with Gasteiger partial charge in [0.05, 0.1) is 12.9 Å². The standard InChI is InChI=1S/C31H31FOS2/c1-33-19-7-3-5-17(13-19)27-15-25-21-9-10-22-28-20(8-11-23(29(21)28)31(25)35-27)24-14-26(34-30(22)24)16-4-2-6-18(32)12-16/h6-7,9-10,13-14,16,24-25,27,30-31H,2-5,8,11-12,15H2,1H3. The van der Waals surface area contributed by atoms with Crippen molar-refractivity contribution in [3.63, 3.8) is 0 Å². The topological polar surface area (TPSA) is 9.23 Å². The van der Waals surface area contributed by atoms with Crippen molar-refractivity contribution in [3.05, 3.63) is 80.1 Å². The second kappa shape index (κ2) is 7.92. The maximum atomic E-state index is 14.0. The van der Waals surface area contributed by atoms with Gasteiger partial charge in [-0.2, -0.15) is 0 Å². The van der Waals surface area contributed by atoms with Crippen LogP contribution in [0.4, 0.5) is 4.39 Å². The second-order valence-electron chi connectivity index (χ2n) is 11.3. The Bertz CT molecular complexity index is 1400. The Balaban J connectivity index is 1.15. The van der Waals surface area contributed by atoms with Gasteiger partial charge in [0.1, 0.15) is 5.76 Å². The van der Waals surface area contributed by atoms with Gasteiger partial charge < -0.3 is 4.74 Å². The van der Waals surface area contributed by atoms with Crippen LogP contribution < -0.4 is 10.4 Å². The predicted octanol–water partition coefficient (Wildman–Crippen LogP) is 6.96. The van der Waals surface area contributed by atoms with Crippen LogP contribution >= 0.6 is 23.5 Å². The summed E-state index contributed by atoms with van der Waals surface area (Å²) in [4.78, 5) is 1.47. The van der Waals surface area contributed by atoms with E-state index in [1.807, 2.05) is 0 Å². The first-order valence-electron chi connectivity index (χ1n) is 13.4. The van der Waals surface area contributed by atoms with E-state index in [0.717, 1.165) is 25.0 Å². The van der Waals surface area contributed by atoms with Gasteiger partial charge in [-0.3, -0.25) is 0 Å². The Kier molecular flexibility index (Phi) is 4.85. The molecule has 0 saturated carbocycles. The quantitative estimate of drug-likeness (QED) is 0.442. The molecule has 1 aromatic carbocycles. The molecule has 2 aliphatic heterocycles. The highest BCUT2D eigenvalue weighted by atomic mass is 32.2. The third kappa shape index (κ3) is 3.08. The van der Waals surface area contributed by atoms with Crippen LogP contribution in [0.3, 0.4) is 0 Å². The molecule has 6 unspecified atom stereocenters. The minimum absolute atomic E-state index is 0.100. The van der Waals surface area contributed by atoms with Gasteiger partial charge in [-0.05, 0) is 95.1 Å². The molecule has 6 atom stereocenters. The molecule has 1 aromatic rings. The van der Waals surface area contributed by atoms with Crippen LogP contribution in [0.5, 0.6) is 0 Å². The summed E-state index contributed by atoms with van der Waals surface area (Å²) in [6.07, 6.45) is 17.5. The molecule has 5 aliphatic carbocycles. The smallest absolute Gasteiger partial charge is 0.114 e. The fraction of sp³-hybridized carbons (Fsp3) is 0.484. The number of ether oxygens (including phenoxy) is 1. The van der Waals surface area contributed by atoms with Gasteiger partial charge in [0.25, 0.3) is 0 Å². The Morgan fingerprint density at radius 3 is 2.71 bits per heavy atom. The van der Waals surface area contributed by atoms with E-state index < -0.39 is 0 Å². The van der Waals surface area contributed by atoms with Crippen LogP contribution in [0.2, 0.25) is 0 Å². The molecule has 1 saturated heterocycles. The number of rotatable bonds is 3. The maximum absolute atomic E-state index is 14.0. The summed E-state index contributed by atoms with van der Waals surface area (Å²) in [7, 11) is 1.79. The third-order valence-corrected chi connectivity index (χ3v) is 12.9. The molecule has 0 amide bonds. The van der Waals surface area contributed by atoms with Crippen LogP contribution in [0, 0.1) is 11.8 Å². The SMILES string of the molecule is COC1=CCCC(C2CC3c4ccc5c6c4=C(CCC=6C4C=C(C6CCC=C(F)C6)SC54)C3S2)=C1. The first kappa shape index (κ1) is 21.4. The largest absolute Gasteiger partial charge is 0.497 e. The first-order chi connectivity index (χ1) is 17.2. The molecular formula is C31H31FOS2. The number of hydrogen-bond donors (Lipinski definition) is 0. The van der Waals surface area contributed by atoms with E-state index in [0.29, 0.717) is 39.9 Å². The molecule has 180 valence electrons. The lowest BCUT2D eigenvalue weighted by Crippen LogP contribution is -2.34. The third-order valence-electron chi connectivity index (χ3n) is 9.59. The van der Waals surface area contributed by atoms with Crippen molar-refractivity contribution in [2.24, 2.45) is 11.8 Å². The Labute approximate surface area is 215 Å². The zero-order valence-electron chi connectivity index (χ0n) is 20.2. The van der Waals surface area contributed by atoms with Gasteiger partial charge in [0.2, 0.25) is 0 Å². The van der Waals surface area contributed by atoms with E-state index in [1.54, 1.807) is 51.5 Å². The highest BCUT2D eigenvalue weighted by Gasteiger charge is 2.48. The monoisotopic (exact) mass is 502 g/mol. The Hall–Kier alpha value is -1.65. The van der Waals surface area contributed by atoms with Crippen LogP contribution in [0.15, 0.2) is 58.5 Å². The lowest BCUT2D eigenvalue weighted by molar-refractivity contribution is 0.302. The summed E-state index contributed by atoms with van der Waals surface area (Å²) >= 11 is 4.31.